The molecule has 3 rings (SSSR count). The van der Waals surface area contributed by atoms with Gasteiger partial charge in [-0.05, 0) is 48.2 Å². The molecule has 1 heterocycles. The Labute approximate surface area is 147 Å². The van der Waals surface area contributed by atoms with E-state index in [1.165, 1.54) is 12.1 Å². The average molecular weight is 342 g/mol. The highest BCUT2D eigenvalue weighted by atomic mass is 19.1. The second-order valence-electron chi connectivity index (χ2n) is 6.94. The van der Waals surface area contributed by atoms with Crippen LogP contribution in [-0.2, 0) is 6.61 Å². The highest BCUT2D eigenvalue weighted by molar-refractivity contribution is 5.94. The van der Waals surface area contributed by atoms with E-state index in [-0.39, 0.29) is 23.7 Å². The van der Waals surface area contributed by atoms with Crippen LogP contribution in [0.4, 0.5) is 4.39 Å². The van der Waals surface area contributed by atoms with Gasteiger partial charge < -0.3 is 15.4 Å². The first-order valence-electron chi connectivity index (χ1n) is 8.46. The molecule has 1 aliphatic heterocycles. The maximum Gasteiger partial charge on any atom is 0.253 e. The average Bonchev–Trinajstić information content (AvgIpc) is 3.03. The van der Waals surface area contributed by atoms with Gasteiger partial charge in [-0.15, -0.1) is 0 Å². The van der Waals surface area contributed by atoms with E-state index >= 15 is 0 Å². The number of nitrogens with two attached hydrogens (primary N) is 1. The summed E-state index contributed by atoms with van der Waals surface area (Å²) in [5.41, 5.74) is 7.34. The molecule has 0 aliphatic carbocycles. The number of carbonyl (C=O) groups excluding carboxylic acids is 1. The molecule has 1 saturated heterocycles. The van der Waals surface area contributed by atoms with Gasteiger partial charge in [0.15, 0.2) is 0 Å². The lowest BCUT2D eigenvalue weighted by atomic mass is 9.90. The minimum Gasteiger partial charge on any atom is -0.489 e. The number of benzene rings is 2. The molecule has 25 heavy (non-hydrogen) atoms. The van der Waals surface area contributed by atoms with Crippen molar-refractivity contribution in [1.82, 2.24) is 4.90 Å². The zero-order valence-corrected chi connectivity index (χ0v) is 14.4. The highest BCUT2D eigenvalue weighted by Gasteiger charge is 2.35. The third-order valence-corrected chi connectivity index (χ3v) is 4.71. The van der Waals surface area contributed by atoms with Crippen molar-refractivity contribution in [2.45, 2.75) is 20.0 Å². The summed E-state index contributed by atoms with van der Waals surface area (Å²) < 4.78 is 18.8. The van der Waals surface area contributed by atoms with Crippen molar-refractivity contribution in [2.24, 2.45) is 11.1 Å². The fourth-order valence-corrected chi connectivity index (χ4v) is 3.06. The van der Waals surface area contributed by atoms with Gasteiger partial charge in [-0.3, -0.25) is 4.79 Å². The molecule has 1 fully saturated rings. The first kappa shape index (κ1) is 17.4. The van der Waals surface area contributed by atoms with E-state index in [2.05, 4.69) is 6.92 Å². The van der Waals surface area contributed by atoms with Crippen LogP contribution in [0.5, 0.6) is 5.75 Å². The lowest BCUT2D eigenvalue weighted by Crippen LogP contribution is -2.34. The summed E-state index contributed by atoms with van der Waals surface area (Å²) >= 11 is 0. The van der Waals surface area contributed by atoms with E-state index in [0.29, 0.717) is 24.4 Å². The quantitative estimate of drug-likeness (QED) is 0.908. The van der Waals surface area contributed by atoms with Crippen molar-refractivity contribution in [3.8, 4) is 5.75 Å². The summed E-state index contributed by atoms with van der Waals surface area (Å²) in [6, 6.07) is 13.4. The molecule has 1 unspecified atom stereocenters. The molecule has 1 atom stereocenters. The lowest BCUT2D eigenvalue weighted by molar-refractivity contribution is 0.0776. The van der Waals surface area contributed by atoms with E-state index in [1.807, 2.05) is 29.2 Å². The fraction of sp³-hybridized carbons (Fsp3) is 0.350. The van der Waals surface area contributed by atoms with Gasteiger partial charge in [-0.2, -0.15) is 0 Å². The smallest absolute Gasteiger partial charge is 0.253 e. The molecule has 0 saturated carbocycles. The SMILES string of the molecule is CC1(CN)CCN(C(=O)c2cccc(COc3cccc(F)c3)c2)C1. The van der Waals surface area contributed by atoms with Crippen LogP contribution < -0.4 is 10.5 Å². The lowest BCUT2D eigenvalue weighted by Gasteiger charge is -2.22. The molecule has 4 nitrogen and oxygen atoms in total. The first-order valence-corrected chi connectivity index (χ1v) is 8.46. The number of halogens is 1. The molecule has 132 valence electrons. The third-order valence-electron chi connectivity index (χ3n) is 4.71. The Hall–Kier alpha value is -2.40. The van der Waals surface area contributed by atoms with Gasteiger partial charge in [0.05, 0.1) is 0 Å². The molecule has 0 aromatic heterocycles. The van der Waals surface area contributed by atoms with Crippen molar-refractivity contribution < 1.29 is 13.9 Å². The zero-order chi connectivity index (χ0) is 17.9. The predicted molar refractivity (Wildman–Crippen MR) is 94.9 cm³/mol. The number of hydrogen-bond donors (Lipinski definition) is 1. The van der Waals surface area contributed by atoms with Crippen LogP contribution in [0.25, 0.3) is 0 Å². The van der Waals surface area contributed by atoms with Crippen molar-refractivity contribution in [3.63, 3.8) is 0 Å². The second kappa shape index (κ2) is 7.23. The van der Waals surface area contributed by atoms with Gasteiger partial charge in [0, 0.05) is 24.7 Å². The first-order chi connectivity index (χ1) is 12.0. The standard InChI is InChI=1S/C20H23FN2O2/c1-20(13-22)8-9-23(14-20)19(24)16-5-2-4-15(10-16)12-25-18-7-3-6-17(21)11-18/h2-7,10-11H,8-9,12-14,22H2,1H3. The Morgan fingerprint density at radius 3 is 2.80 bits per heavy atom. The number of carbonyl (C=O) groups is 1. The van der Waals surface area contributed by atoms with Crippen LogP contribution >= 0.6 is 0 Å². The molecule has 0 bridgehead atoms. The van der Waals surface area contributed by atoms with Crippen LogP contribution in [0.15, 0.2) is 48.5 Å². The number of likely N-dealkylation sites (tertiary alicyclic amines) is 1. The molecule has 2 aromatic carbocycles. The molecule has 2 N–H and O–H groups in total. The Morgan fingerprint density at radius 1 is 1.28 bits per heavy atom. The van der Waals surface area contributed by atoms with Crippen LogP contribution in [0.3, 0.4) is 0 Å². The van der Waals surface area contributed by atoms with Crippen LogP contribution in [0.1, 0.15) is 29.3 Å². The Bertz CT molecular complexity index is 765. The van der Waals surface area contributed by atoms with E-state index in [0.717, 1.165) is 18.5 Å². The van der Waals surface area contributed by atoms with Gasteiger partial charge >= 0.3 is 0 Å². The topological polar surface area (TPSA) is 55.6 Å². The summed E-state index contributed by atoms with van der Waals surface area (Å²) in [6.45, 7) is 4.40. The second-order valence-corrected chi connectivity index (χ2v) is 6.94. The number of amides is 1. The molecule has 0 spiro atoms. The van der Waals surface area contributed by atoms with Crippen molar-refractivity contribution >= 4 is 5.91 Å². The van der Waals surface area contributed by atoms with Gasteiger partial charge in [0.1, 0.15) is 18.2 Å². The zero-order valence-electron chi connectivity index (χ0n) is 14.4. The number of ether oxygens (including phenoxy) is 1. The molecular formula is C20H23FN2O2. The summed E-state index contributed by atoms with van der Waals surface area (Å²) in [5.74, 6) is 0.151. The van der Waals surface area contributed by atoms with Gasteiger partial charge in [0.25, 0.3) is 5.91 Å². The van der Waals surface area contributed by atoms with E-state index in [4.69, 9.17) is 10.5 Å². The van der Waals surface area contributed by atoms with Crippen LogP contribution in [0, 0.1) is 11.2 Å². The molecule has 1 aliphatic rings. The summed E-state index contributed by atoms with van der Waals surface area (Å²) in [7, 11) is 0. The highest BCUT2D eigenvalue weighted by Crippen LogP contribution is 2.29. The summed E-state index contributed by atoms with van der Waals surface area (Å²) in [6.07, 6.45) is 0.928. The summed E-state index contributed by atoms with van der Waals surface area (Å²) in [5, 5.41) is 0. The minimum atomic E-state index is -0.335. The monoisotopic (exact) mass is 342 g/mol. The number of hydrogen-bond acceptors (Lipinski definition) is 3. The molecular weight excluding hydrogens is 319 g/mol. The number of nitrogens with zero attached hydrogens (tertiary/aromatic N) is 1. The van der Waals surface area contributed by atoms with E-state index in [1.54, 1.807) is 12.1 Å². The number of rotatable bonds is 5. The third kappa shape index (κ3) is 4.17. The maximum absolute atomic E-state index is 13.2. The largest absolute Gasteiger partial charge is 0.489 e. The predicted octanol–water partition coefficient (Wildman–Crippen LogP) is 3.22. The maximum atomic E-state index is 13.2. The molecule has 1 amide bonds. The van der Waals surface area contributed by atoms with E-state index in [9.17, 15) is 9.18 Å². The molecule has 0 radical (unpaired) electrons. The van der Waals surface area contributed by atoms with E-state index < -0.39 is 0 Å². The van der Waals surface area contributed by atoms with Crippen molar-refractivity contribution in [3.05, 3.63) is 65.5 Å². The van der Waals surface area contributed by atoms with Crippen LogP contribution in [0.2, 0.25) is 0 Å². The van der Waals surface area contributed by atoms with Crippen molar-refractivity contribution in [1.29, 1.82) is 0 Å². The van der Waals surface area contributed by atoms with Gasteiger partial charge in [-0.1, -0.05) is 25.1 Å². The van der Waals surface area contributed by atoms with Gasteiger partial charge in [0.2, 0.25) is 0 Å². The molecule has 5 heteroatoms. The van der Waals surface area contributed by atoms with Crippen molar-refractivity contribution in [2.75, 3.05) is 19.6 Å². The normalized spacial score (nSPS) is 19.9. The molecule has 2 aromatic rings. The Kier molecular flexibility index (Phi) is 5.04. The Balaban J connectivity index is 1.66. The van der Waals surface area contributed by atoms with Gasteiger partial charge in [-0.25, -0.2) is 4.39 Å². The summed E-state index contributed by atoms with van der Waals surface area (Å²) in [4.78, 5) is 14.6. The fourth-order valence-electron chi connectivity index (χ4n) is 3.06. The Morgan fingerprint density at radius 2 is 2.08 bits per heavy atom. The minimum absolute atomic E-state index is 0.00770. The van der Waals surface area contributed by atoms with Crippen LogP contribution in [-0.4, -0.2) is 30.4 Å².